The van der Waals surface area contributed by atoms with E-state index in [9.17, 15) is 9.59 Å². The van der Waals surface area contributed by atoms with Crippen molar-refractivity contribution >= 4 is 40.8 Å². The second-order valence-corrected chi connectivity index (χ2v) is 5.07. The van der Waals surface area contributed by atoms with Crippen molar-refractivity contribution in [3.63, 3.8) is 0 Å². The fraction of sp³-hybridized carbons (Fsp3) is 0.333. The lowest BCUT2D eigenvalue weighted by Gasteiger charge is -2.14. The Balaban J connectivity index is 2.20. The number of carbonyl (C=O) groups is 2. The zero-order valence-electron chi connectivity index (χ0n) is 9.87. The average Bonchev–Trinajstić information content (AvgIpc) is 2.86. The number of hydrogen-bond acceptors (Lipinski definition) is 3. The lowest BCUT2D eigenvalue weighted by Crippen LogP contribution is -2.35. The summed E-state index contributed by atoms with van der Waals surface area (Å²) in [7, 11) is 0. The Hall–Kier alpha value is -1.30. The molecule has 0 bridgehead atoms. The maximum atomic E-state index is 11.9. The summed E-state index contributed by atoms with van der Waals surface area (Å²) in [4.78, 5) is 22.8. The first-order chi connectivity index (χ1) is 8.99. The first-order valence-electron chi connectivity index (χ1n) is 5.75. The Kier molecular flexibility index (Phi) is 4.29. The minimum atomic E-state index is -1.13. The second kappa shape index (κ2) is 5.77. The van der Waals surface area contributed by atoms with E-state index in [4.69, 9.17) is 28.3 Å². The number of amides is 1. The van der Waals surface area contributed by atoms with Gasteiger partial charge in [0.25, 0.3) is 0 Å². The molecular formula is C12H12Cl2N2O3. The van der Waals surface area contributed by atoms with Gasteiger partial charge in [0.05, 0.1) is 27.3 Å². The summed E-state index contributed by atoms with van der Waals surface area (Å²) < 4.78 is 0. The van der Waals surface area contributed by atoms with Crippen LogP contribution in [-0.2, 0) is 4.79 Å². The molecule has 0 aromatic heterocycles. The van der Waals surface area contributed by atoms with Gasteiger partial charge in [0.1, 0.15) is 0 Å². The van der Waals surface area contributed by atoms with Gasteiger partial charge in [0, 0.05) is 0 Å². The van der Waals surface area contributed by atoms with Crippen LogP contribution in [0, 0.1) is 0 Å². The fourth-order valence-corrected chi connectivity index (χ4v) is 2.52. The number of hydrogen-bond donors (Lipinski definition) is 3. The van der Waals surface area contributed by atoms with Crippen molar-refractivity contribution in [3.8, 4) is 0 Å². The molecule has 1 amide bonds. The fourth-order valence-electron chi connectivity index (χ4n) is 1.93. The van der Waals surface area contributed by atoms with Crippen molar-refractivity contribution in [2.24, 2.45) is 0 Å². The van der Waals surface area contributed by atoms with E-state index in [1.54, 1.807) is 0 Å². The predicted molar refractivity (Wildman–Crippen MR) is 73.1 cm³/mol. The second-order valence-electron chi connectivity index (χ2n) is 4.26. The van der Waals surface area contributed by atoms with Crippen molar-refractivity contribution in [2.45, 2.75) is 18.9 Å². The Morgan fingerprint density at radius 3 is 2.42 bits per heavy atom. The van der Waals surface area contributed by atoms with Crippen LogP contribution in [-0.4, -0.2) is 29.6 Å². The molecule has 5 nitrogen and oxygen atoms in total. The van der Waals surface area contributed by atoms with Crippen LogP contribution in [0.5, 0.6) is 0 Å². The highest BCUT2D eigenvalue weighted by Gasteiger charge is 2.23. The molecule has 1 aromatic carbocycles. The van der Waals surface area contributed by atoms with Crippen LogP contribution < -0.4 is 10.6 Å². The van der Waals surface area contributed by atoms with Crippen molar-refractivity contribution in [2.75, 3.05) is 11.9 Å². The van der Waals surface area contributed by atoms with Crippen LogP contribution in [0.4, 0.5) is 5.69 Å². The van der Waals surface area contributed by atoms with Crippen LogP contribution in [0.2, 0.25) is 10.0 Å². The Morgan fingerprint density at radius 2 is 1.95 bits per heavy atom. The van der Waals surface area contributed by atoms with Crippen LogP contribution >= 0.6 is 23.2 Å². The SMILES string of the molecule is O=C(O)c1cc(Cl)c(NC(=O)[C@H]2CCCN2)c(Cl)c1. The van der Waals surface area contributed by atoms with Crippen molar-refractivity contribution < 1.29 is 14.7 Å². The van der Waals surface area contributed by atoms with Crippen LogP contribution in [0.1, 0.15) is 23.2 Å². The number of halogens is 2. The number of aromatic carboxylic acids is 1. The van der Waals surface area contributed by atoms with E-state index in [0.717, 1.165) is 19.4 Å². The van der Waals surface area contributed by atoms with Gasteiger partial charge < -0.3 is 15.7 Å². The molecule has 1 fully saturated rings. The van der Waals surface area contributed by atoms with Gasteiger partial charge in [-0.3, -0.25) is 4.79 Å². The van der Waals surface area contributed by atoms with Crippen molar-refractivity contribution in [3.05, 3.63) is 27.7 Å². The van der Waals surface area contributed by atoms with E-state index in [2.05, 4.69) is 10.6 Å². The van der Waals surface area contributed by atoms with Gasteiger partial charge in [-0.05, 0) is 31.5 Å². The minimum absolute atomic E-state index is 0.0213. The third-order valence-corrected chi connectivity index (χ3v) is 3.51. The van der Waals surface area contributed by atoms with Crippen molar-refractivity contribution in [1.29, 1.82) is 0 Å². The molecule has 0 saturated carbocycles. The highest BCUT2D eigenvalue weighted by atomic mass is 35.5. The van der Waals surface area contributed by atoms with Gasteiger partial charge in [-0.2, -0.15) is 0 Å². The zero-order valence-corrected chi connectivity index (χ0v) is 11.4. The molecule has 1 atom stereocenters. The summed E-state index contributed by atoms with van der Waals surface area (Å²) in [6, 6.07) is 2.26. The molecule has 1 saturated heterocycles. The summed E-state index contributed by atoms with van der Waals surface area (Å²) in [6.07, 6.45) is 1.70. The summed E-state index contributed by atoms with van der Waals surface area (Å²) >= 11 is 11.9. The van der Waals surface area contributed by atoms with E-state index < -0.39 is 5.97 Å². The number of benzene rings is 1. The van der Waals surface area contributed by atoms with Crippen LogP contribution in [0.15, 0.2) is 12.1 Å². The molecule has 1 heterocycles. The first-order valence-corrected chi connectivity index (χ1v) is 6.51. The number of anilines is 1. The Labute approximate surface area is 119 Å². The van der Waals surface area contributed by atoms with Crippen molar-refractivity contribution in [1.82, 2.24) is 5.32 Å². The van der Waals surface area contributed by atoms with Gasteiger partial charge in [0.15, 0.2) is 0 Å². The van der Waals surface area contributed by atoms with Gasteiger partial charge in [-0.1, -0.05) is 23.2 Å². The van der Waals surface area contributed by atoms with E-state index >= 15 is 0 Å². The summed E-state index contributed by atoms with van der Waals surface area (Å²) in [5.74, 6) is -1.34. The molecule has 7 heteroatoms. The number of rotatable bonds is 3. The standard InChI is InChI=1S/C12H12Cl2N2O3/c13-7-4-6(12(18)19)5-8(14)10(7)16-11(17)9-2-1-3-15-9/h4-5,9,15H,1-3H2,(H,16,17)(H,18,19)/t9-/m1/s1. The third kappa shape index (κ3) is 3.18. The molecule has 19 heavy (non-hydrogen) atoms. The number of nitrogens with one attached hydrogen (secondary N) is 2. The Bertz CT molecular complexity index is 505. The maximum absolute atomic E-state index is 11.9. The lowest BCUT2D eigenvalue weighted by atomic mass is 10.2. The number of carbonyl (C=O) groups excluding carboxylic acids is 1. The first kappa shape index (κ1) is 14.1. The molecular weight excluding hydrogens is 291 g/mol. The van der Waals surface area contributed by atoms with E-state index in [-0.39, 0.29) is 33.2 Å². The molecule has 1 aliphatic rings. The molecule has 2 rings (SSSR count). The Morgan fingerprint density at radius 1 is 1.32 bits per heavy atom. The topological polar surface area (TPSA) is 78.4 Å². The minimum Gasteiger partial charge on any atom is -0.478 e. The number of carboxylic acid groups (broad SMARTS) is 1. The maximum Gasteiger partial charge on any atom is 0.335 e. The van der Waals surface area contributed by atoms with Gasteiger partial charge in [-0.25, -0.2) is 4.79 Å². The van der Waals surface area contributed by atoms with Gasteiger partial charge >= 0.3 is 5.97 Å². The molecule has 0 radical (unpaired) electrons. The van der Waals surface area contributed by atoms with E-state index in [1.165, 1.54) is 12.1 Å². The largest absolute Gasteiger partial charge is 0.478 e. The molecule has 1 aliphatic heterocycles. The highest BCUT2D eigenvalue weighted by molar-refractivity contribution is 6.40. The molecule has 3 N–H and O–H groups in total. The molecule has 1 aromatic rings. The van der Waals surface area contributed by atoms with E-state index in [0.29, 0.717) is 0 Å². The molecule has 0 aliphatic carbocycles. The highest BCUT2D eigenvalue weighted by Crippen LogP contribution is 2.32. The summed E-state index contributed by atoms with van der Waals surface area (Å²) in [5, 5.41) is 14.8. The molecule has 102 valence electrons. The van der Waals surface area contributed by atoms with Gasteiger partial charge in [-0.15, -0.1) is 0 Å². The lowest BCUT2D eigenvalue weighted by molar-refractivity contribution is -0.117. The third-order valence-electron chi connectivity index (χ3n) is 2.91. The predicted octanol–water partition coefficient (Wildman–Crippen LogP) is 2.38. The smallest absolute Gasteiger partial charge is 0.335 e. The zero-order chi connectivity index (χ0) is 14.0. The summed E-state index contributed by atoms with van der Waals surface area (Å²) in [6.45, 7) is 0.803. The van der Waals surface area contributed by atoms with Crippen LogP contribution in [0.3, 0.4) is 0 Å². The summed E-state index contributed by atoms with van der Waals surface area (Å²) in [5.41, 5.74) is 0.221. The van der Waals surface area contributed by atoms with Crippen LogP contribution in [0.25, 0.3) is 0 Å². The normalized spacial score (nSPS) is 18.3. The monoisotopic (exact) mass is 302 g/mol. The molecule has 0 unspecified atom stereocenters. The average molecular weight is 303 g/mol. The number of carboxylic acids is 1. The quantitative estimate of drug-likeness (QED) is 0.801. The molecule has 0 spiro atoms. The van der Waals surface area contributed by atoms with E-state index in [1.807, 2.05) is 0 Å². The van der Waals surface area contributed by atoms with Gasteiger partial charge in [0.2, 0.25) is 5.91 Å².